The molecule has 2 amide bonds. The van der Waals surface area contributed by atoms with E-state index in [1.165, 1.54) is 7.11 Å². The monoisotopic (exact) mass is 240 g/mol. The summed E-state index contributed by atoms with van der Waals surface area (Å²) in [5, 5.41) is 3.53. The zero-order valence-electron chi connectivity index (χ0n) is 8.87. The summed E-state index contributed by atoms with van der Waals surface area (Å²) in [6.45, 7) is 0. The summed E-state index contributed by atoms with van der Waals surface area (Å²) < 4.78 is 0. The summed E-state index contributed by atoms with van der Waals surface area (Å²) >= 11 is 5.90. The summed E-state index contributed by atoms with van der Waals surface area (Å²) in [6.07, 6.45) is 0.942. The van der Waals surface area contributed by atoms with Crippen LogP contribution in [0.1, 0.15) is 17.9 Å². The molecule has 5 heteroatoms. The Hall–Kier alpha value is -1.26. The molecule has 1 aliphatic carbocycles. The van der Waals surface area contributed by atoms with Crippen molar-refractivity contribution in [2.45, 2.75) is 18.4 Å². The number of hydrogen-bond donors (Lipinski definition) is 2. The van der Waals surface area contributed by atoms with E-state index in [9.17, 15) is 4.79 Å². The van der Waals surface area contributed by atoms with Crippen molar-refractivity contribution in [3.8, 4) is 0 Å². The lowest BCUT2D eigenvalue weighted by Crippen LogP contribution is -2.36. The molecule has 0 spiro atoms. The summed E-state index contributed by atoms with van der Waals surface area (Å²) in [5.74, 6) is 0.362. The minimum Gasteiger partial charge on any atom is -0.333 e. The van der Waals surface area contributed by atoms with E-state index in [4.69, 9.17) is 11.6 Å². The Morgan fingerprint density at radius 2 is 2.38 bits per heavy atom. The van der Waals surface area contributed by atoms with Crippen molar-refractivity contribution in [1.29, 1.82) is 0 Å². The fourth-order valence-corrected chi connectivity index (χ4v) is 1.95. The fourth-order valence-electron chi connectivity index (χ4n) is 1.75. The Kier molecular flexibility index (Phi) is 3.31. The smallest absolute Gasteiger partial charge is 0.333 e. The second kappa shape index (κ2) is 4.72. The Labute approximate surface area is 98.9 Å². The number of nitrogens with one attached hydrogen (secondary N) is 2. The molecule has 1 fully saturated rings. The van der Waals surface area contributed by atoms with E-state index in [1.807, 2.05) is 24.3 Å². The largest absolute Gasteiger partial charge is 0.338 e. The summed E-state index contributed by atoms with van der Waals surface area (Å²) in [7, 11) is 1.40. The first-order valence-corrected chi connectivity index (χ1v) is 5.43. The maximum Gasteiger partial charge on any atom is 0.338 e. The molecule has 1 aromatic carbocycles. The number of benzene rings is 1. The summed E-state index contributed by atoms with van der Waals surface area (Å²) in [4.78, 5) is 15.7. The van der Waals surface area contributed by atoms with Crippen molar-refractivity contribution < 1.29 is 9.63 Å². The van der Waals surface area contributed by atoms with E-state index >= 15 is 0 Å². The molecule has 1 saturated carbocycles. The van der Waals surface area contributed by atoms with Gasteiger partial charge in [0, 0.05) is 17.0 Å². The van der Waals surface area contributed by atoms with Crippen molar-refractivity contribution in [2.75, 3.05) is 7.11 Å². The first-order valence-electron chi connectivity index (χ1n) is 5.05. The van der Waals surface area contributed by atoms with Crippen LogP contribution in [0.3, 0.4) is 0 Å². The molecule has 0 unspecified atom stereocenters. The second-order valence-corrected chi connectivity index (χ2v) is 4.22. The van der Waals surface area contributed by atoms with Crippen LogP contribution in [0.5, 0.6) is 0 Å². The highest BCUT2D eigenvalue weighted by Crippen LogP contribution is 2.41. The van der Waals surface area contributed by atoms with Crippen LogP contribution in [0.4, 0.5) is 4.79 Å². The predicted octanol–water partition coefficient (Wildman–Crippen LogP) is 2.06. The third-order valence-electron chi connectivity index (χ3n) is 2.58. The van der Waals surface area contributed by atoms with E-state index in [1.54, 1.807) is 0 Å². The van der Waals surface area contributed by atoms with Gasteiger partial charge >= 0.3 is 6.03 Å². The van der Waals surface area contributed by atoms with Gasteiger partial charge in [-0.2, -0.15) is 0 Å². The Morgan fingerprint density at radius 1 is 1.56 bits per heavy atom. The average molecular weight is 241 g/mol. The predicted molar refractivity (Wildman–Crippen MR) is 61.3 cm³/mol. The zero-order chi connectivity index (χ0) is 11.5. The molecule has 2 rings (SSSR count). The molecule has 1 aliphatic rings. The van der Waals surface area contributed by atoms with Crippen LogP contribution in [-0.2, 0) is 4.84 Å². The van der Waals surface area contributed by atoms with Crippen LogP contribution in [-0.4, -0.2) is 19.2 Å². The van der Waals surface area contributed by atoms with Crippen molar-refractivity contribution in [3.63, 3.8) is 0 Å². The minimum absolute atomic E-state index is 0.175. The van der Waals surface area contributed by atoms with Crippen LogP contribution >= 0.6 is 11.6 Å². The quantitative estimate of drug-likeness (QED) is 0.795. The first kappa shape index (κ1) is 11.2. The SMILES string of the molecule is CONC(=O)N[C@H]1C[C@H]1c1cccc(Cl)c1. The topological polar surface area (TPSA) is 50.4 Å². The van der Waals surface area contributed by atoms with Crippen LogP contribution in [0, 0.1) is 0 Å². The number of amides is 2. The van der Waals surface area contributed by atoms with Gasteiger partial charge in [-0.15, -0.1) is 0 Å². The third-order valence-corrected chi connectivity index (χ3v) is 2.81. The van der Waals surface area contributed by atoms with Gasteiger partial charge in [0.15, 0.2) is 0 Å². The minimum atomic E-state index is -0.308. The van der Waals surface area contributed by atoms with Gasteiger partial charge in [-0.25, -0.2) is 10.3 Å². The molecule has 0 heterocycles. The molecule has 2 N–H and O–H groups in total. The molecule has 4 nitrogen and oxygen atoms in total. The molecule has 0 bridgehead atoms. The second-order valence-electron chi connectivity index (χ2n) is 3.78. The number of carbonyl (C=O) groups is 1. The van der Waals surface area contributed by atoms with Gasteiger partial charge in [-0.1, -0.05) is 23.7 Å². The average Bonchev–Trinajstić information content (AvgIpc) is 2.97. The number of urea groups is 1. The lowest BCUT2D eigenvalue weighted by molar-refractivity contribution is 0.107. The lowest BCUT2D eigenvalue weighted by atomic mass is 10.1. The highest BCUT2D eigenvalue weighted by molar-refractivity contribution is 6.30. The lowest BCUT2D eigenvalue weighted by Gasteiger charge is -2.05. The molecular formula is C11H13ClN2O2. The zero-order valence-corrected chi connectivity index (χ0v) is 9.62. The van der Waals surface area contributed by atoms with Gasteiger partial charge in [0.2, 0.25) is 0 Å². The maximum absolute atomic E-state index is 11.2. The summed E-state index contributed by atoms with van der Waals surface area (Å²) in [6, 6.07) is 7.58. The Bertz CT molecular complexity index is 397. The number of hydroxylamine groups is 1. The molecule has 16 heavy (non-hydrogen) atoms. The van der Waals surface area contributed by atoms with Crippen molar-refractivity contribution >= 4 is 17.6 Å². The van der Waals surface area contributed by atoms with E-state index in [-0.39, 0.29) is 12.1 Å². The fraction of sp³-hybridized carbons (Fsp3) is 0.364. The highest BCUT2D eigenvalue weighted by atomic mass is 35.5. The van der Waals surface area contributed by atoms with Gasteiger partial charge in [-0.3, -0.25) is 4.84 Å². The Balaban J connectivity index is 1.89. The van der Waals surface area contributed by atoms with Crippen molar-refractivity contribution in [2.24, 2.45) is 0 Å². The van der Waals surface area contributed by atoms with E-state index in [2.05, 4.69) is 15.6 Å². The van der Waals surface area contributed by atoms with Gasteiger partial charge in [-0.05, 0) is 24.1 Å². The highest BCUT2D eigenvalue weighted by Gasteiger charge is 2.39. The van der Waals surface area contributed by atoms with Gasteiger partial charge < -0.3 is 5.32 Å². The molecule has 1 aromatic rings. The number of rotatable bonds is 3. The van der Waals surface area contributed by atoms with Crippen molar-refractivity contribution in [3.05, 3.63) is 34.9 Å². The maximum atomic E-state index is 11.2. The molecular weight excluding hydrogens is 228 g/mol. The summed E-state index contributed by atoms with van der Waals surface area (Å²) in [5.41, 5.74) is 3.39. The molecule has 0 aromatic heterocycles. The molecule has 0 aliphatic heterocycles. The van der Waals surface area contributed by atoms with Crippen LogP contribution in [0.25, 0.3) is 0 Å². The standard InChI is InChI=1S/C11H13ClN2O2/c1-16-14-11(15)13-10-6-9(10)7-3-2-4-8(12)5-7/h2-5,9-10H,6H2,1H3,(H2,13,14,15)/t9-,10-/m0/s1. The molecule has 0 saturated heterocycles. The van der Waals surface area contributed by atoms with Crippen LogP contribution < -0.4 is 10.8 Å². The third kappa shape index (κ3) is 2.65. The van der Waals surface area contributed by atoms with Gasteiger partial charge in [0.1, 0.15) is 0 Å². The van der Waals surface area contributed by atoms with E-state index in [0.717, 1.165) is 17.0 Å². The van der Waals surface area contributed by atoms with Crippen molar-refractivity contribution in [1.82, 2.24) is 10.8 Å². The van der Waals surface area contributed by atoms with Crippen LogP contribution in [0.2, 0.25) is 5.02 Å². The normalized spacial score (nSPS) is 22.6. The van der Waals surface area contributed by atoms with Gasteiger partial charge in [0.25, 0.3) is 0 Å². The molecule has 0 radical (unpaired) electrons. The Morgan fingerprint density at radius 3 is 3.06 bits per heavy atom. The number of carbonyl (C=O) groups excluding carboxylic acids is 1. The molecule has 86 valence electrons. The van der Waals surface area contributed by atoms with Crippen LogP contribution in [0.15, 0.2) is 24.3 Å². The van der Waals surface area contributed by atoms with E-state index < -0.39 is 0 Å². The van der Waals surface area contributed by atoms with E-state index in [0.29, 0.717) is 5.92 Å². The first-order chi connectivity index (χ1) is 7.70. The number of hydrogen-bond acceptors (Lipinski definition) is 2. The molecule has 2 atom stereocenters. The van der Waals surface area contributed by atoms with Gasteiger partial charge in [0.05, 0.1) is 7.11 Å². The number of halogens is 1.